The highest BCUT2D eigenvalue weighted by atomic mass is 16.5. The van der Waals surface area contributed by atoms with E-state index in [1.54, 1.807) is 6.33 Å². The first-order valence-electron chi connectivity index (χ1n) is 8.73. The number of ether oxygens (including phenoxy) is 1. The zero-order chi connectivity index (χ0) is 16.9. The van der Waals surface area contributed by atoms with Crippen molar-refractivity contribution >= 4 is 0 Å². The van der Waals surface area contributed by atoms with E-state index in [1.165, 1.54) is 18.4 Å². The second-order valence-corrected chi connectivity index (χ2v) is 6.49. The number of nitrogens with zero attached hydrogens (tertiary/aromatic N) is 2. The highest BCUT2D eigenvalue weighted by Gasteiger charge is 2.22. The van der Waals surface area contributed by atoms with Gasteiger partial charge in [0.1, 0.15) is 0 Å². The molecular formula is C20H22N4O. The minimum absolute atomic E-state index is 0.0643. The first kappa shape index (κ1) is 15.8. The van der Waals surface area contributed by atoms with Crippen molar-refractivity contribution in [2.75, 3.05) is 6.61 Å². The van der Waals surface area contributed by atoms with Crippen LogP contribution in [0.5, 0.6) is 5.88 Å². The fourth-order valence-corrected chi connectivity index (χ4v) is 2.79. The predicted octanol–water partition coefficient (Wildman–Crippen LogP) is 3.47. The number of H-pyrrole nitrogens is 1. The molecule has 1 fully saturated rings. The van der Waals surface area contributed by atoms with Gasteiger partial charge in [0.2, 0.25) is 5.88 Å². The molecule has 0 aliphatic heterocycles. The van der Waals surface area contributed by atoms with Crippen LogP contribution in [0, 0.1) is 5.92 Å². The maximum atomic E-state index is 5.69. The van der Waals surface area contributed by atoms with Gasteiger partial charge in [-0.25, -0.2) is 9.97 Å². The van der Waals surface area contributed by atoms with Gasteiger partial charge in [-0.2, -0.15) is 0 Å². The maximum absolute atomic E-state index is 5.69. The van der Waals surface area contributed by atoms with Gasteiger partial charge >= 0.3 is 0 Å². The number of aromatic amines is 1. The lowest BCUT2D eigenvalue weighted by atomic mass is 10.0. The molecule has 1 aliphatic carbocycles. The van der Waals surface area contributed by atoms with Crippen LogP contribution in [-0.2, 0) is 6.54 Å². The van der Waals surface area contributed by atoms with Gasteiger partial charge in [-0.05, 0) is 29.9 Å². The van der Waals surface area contributed by atoms with Crippen molar-refractivity contribution < 1.29 is 4.74 Å². The van der Waals surface area contributed by atoms with Crippen molar-refractivity contribution in [3.63, 3.8) is 0 Å². The molecule has 25 heavy (non-hydrogen) atoms. The van der Waals surface area contributed by atoms with E-state index in [4.69, 9.17) is 4.74 Å². The summed E-state index contributed by atoms with van der Waals surface area (Å²) in [7, 11) is 0. The third kappa shape index (κ3) is 4.25. The fourth-order valence-electron chi connectivity index (χ4n) is 2.79. The van der Waals surface area contributed by atoms with Crippen LogP contribution in [0.25, 0.3) is 0 Å². The van der Waals surface area contributed by atoms with Crippen LogP contribution in [0.3, 0.4) is 0 Å². The molecule has 0 spiro atoms. The van der Waals surface area contributed by atoms with Gasteiger partial charge in [0.05, 0.1) is 24.7 Å². The molecule has 2 heterocycles. The Kier molecular flexibility index (Phi) is 4.74. The molecule has 0 saturated heterocycles. The molecule has 1 aliphatic rings. The van der Waals surface area contributed by atoms with Crippen LogP contribution < -0.4 is 10.1 Å². The predicted molar refractivity (Wildman–Crippen MR) is 96.2 cm³/mol. The smallest absolute Gasteiger partial charge is 0.213 e. The van der Waals surface area contributed by atoms with Gasteiger partial charge in [0.25, 0.3) is 0 Å². The Labute approximate surface area is 147 Å². The van der Waals surface area contributed by atoms with E-state index < -0.39 is 0 Å². The minimum atomic E-state index is 0.0643. The molecule has 0 radical (unpaired) electrons. The molecule has 128 valence electrons. The quantitative estimate of drug-likeness (QED) is 0.662. The molecule has 2 aromatic heterocycles. The van der Waals surface area contributed by atoms with Gasteiger partial charge in [0.15, 0.2) is 0 Å². The first-order valence-corrected chi connectivity index (χ1v) is 8.73. The Hall–Kier alpha value is -2.66. The second-order valence-electron chi connectivity index (χ2n) is 6.49. The third-order valence-electron chi connectivity index (χ3n) is 4.44. The largest absolute Gasteiger partial charge is 0.477 e. The van der Waals surface area contributed by atoms with Crippen molar-refractivity contribution in [1.29, 1.82) is 0 Å². The minimum Gasteiger partial charge on any atom is -0.477 e. The summed E-state index contributed by atoms with van der Waals surface area (Å²) in [5.41, 5.74) is 3.37. The summed E-state index contributed by atoms with van der Waals surface area (Å²) in [6.45, 7) is 1.51. The van der Waals surface area contributed by atoms with E-state index in [9.17, 15) is 0 Å². The monoisotopic (exact) mass is 334 g/mol. The number of hydrogen-bond donors (Lipinski definition) is 2. The van der Waals surface area contributed by atoms with Gasteiger partial charge in [-0.3, -0.25) is 0 Å². The van der Waals surface area contributed by atoms with Crippen molar-refractivity contribution in [2.45, 2.75) is 25.4 Å². The average Bonchev–Trinajstić information content (AvgIpc) is 3.35. The van der Waals surface area contributed by atoms with Gasteiger partial charge in [-0.1, -0.05) is 36.4 Å². The highest BCUT2D eigenvalue weighted by Crippen LogP contribution is 2.29. The summed E-state index contributed by atoms with van der Waals surface area (Å²) in [6.07, 6.45) is 8.02. The van der Waals surface area contributed by atoms with Crippen molar-refractivity contribution in [3.05, 3.63) is 78.0 Å². The summed E-state index contributed by atoms with van der Waals surface area (Å²) >= 11 is 0. The SMILES string of the molecule is c1ccc(C(NCc2ccc(OCC3CC3)nc2)c2cnc[nH]2)cc1. The molecule has 2 N–H and O–H groups in total. The van der Waals surface area contributed by atoms with E-state index in [0.717, 1.165) is 23.8 Å². The van der Waals surface area contributed by atoms with Crippen LogP contribution in [0.1, 0.15) is 35.7 Å². The van der Waals surface area contributed by atoms with Crippen LogP contribution in [0.4, 0.5) is 0 Å². The normalized spacial score (nSPS) is 15.0. The summed E-state index contributed by atoms with van der Waals surface area (Å²) in [4.78, 5) is 11.8. The Bertz CT molecular complexity index is 767. The molecular weight excluding hydrogens is 312 g/mol. The lowest BCUT2D eigenvalue weighted by Crippen LogP contribution is -2.22. The number of nitrogens with one attached hydrogen (secondary N) is 2. The summed E-state index contributed by atoms with van der Waals surface area (Å²) in [6, 6.07) is 14.4. The summed E-state index contributed by atoms with van der Waals surface area (Å²) < 4.78 is 5.69. The lowest BCUT2D eigenvalue weighted by molar-refractivity contribution is 0.288. The van der Waals surface area contributed by atoms with Crippen molar-refractivity contribution in [2.24, 2.45) is 5.92 Å². The summed E-state index contributed by atoms with van der Waals surface area (Å²) in [5, 5.41) is 3.58. The number of imidazole rings is 1. The fraction of sp³-hybridized carbons (Fsp3) is 0.300. The number of pyridine rings is 1. The first-order chi connectivity index (χ1) is 12.4. The van der Waals surface area contributed by atoms with Gasteiger partial charge in [0, 0.05) is 25.0 Å². The molecule has 1 unspecified atom stereocenters. The Morgan fingerprint density at radius 2 is 2.00 bits per heavy atom. The Morgan fingerprint density at radius 1 is 1.12 bits per heavy atom. The van der Waals surface area contributed by atoms with E-state index in [-0.39, 0.29) is 6.04 Å². The number of rotatable bonds is 8. The molecule has 5 heteroatoms. The van der Waals surface area contributed by atoms with Crippen LogP contribution in [0.15, 0.2) is 61.2 Å². The van der Waals surface area contributed by atoms with Crippen molar-refractivity contribution in [1.82, 2.24) is 20.3 Å². The van der Waals surface area contributed by atoms with E-state index in [1.807, 2.05) is 36.7 Å². The Morgan fingerprint density at radius 3 is 2.68 bits per heavy atom. The molecule has 5 nitrogen and oxygen atoms in total. The molecule has 0 bridgehead atoms. The van der Waals surface area contributed by atoms with Crippen molar-refractivity contribution in [3.8, 4) is 5.88 Å². The van der Waals surface area contributed by atoms with E-state index in [2.05, 4.69) is 38.5 Å². The van der Waals surface area contributed by atoms with Crippen LogP contribution in [0.2, 0.25) is 0 Å². The zero-order valence-corrected chi connectivity index (χ0v) is 14.1. The molecule has 1 atom stereocenters. The van der Waals surface area contributed by atoms with Crippen LogP contribution in [-0.4, -0.2) is 21.6 Å². The van der Waals surface area contributed by atoms with Gasteiger partial charge in [-0.15, -0.1) is 0 Å². The number of aromatic nitrogens is 3. The third-order valence-corrected chi connectivity index (χ3v) is 4.44. The van der Waals surface area contributed by atoms with Crippen LogP contribution >= 0.6 is 0 Å². The molecule has 3 aromatic rings. The zero-order valence-electron chi connectivity index (χ0n) is 14.1. The van der Waals surface area contributed by atoms with Gasteiger partial charge < -0.3 is 15.0 Å². The molecule has 4 rings (SSSR count). The standard InChI is InChI=1S/C20H22N4O/c1-2-4-17(5-3-1)20(18-12-21-14-24-18)23-11-16-8-9-19(22-10-16)25-13-15-6-7-15/h1-5,8-10,12,14-15,20,23H,6-7,11,13H2,(H,21,24). The Balaban J connectivity index is 1.40. The molecule has 0 amide bonds. The molecule has 1 saturated carbocycles. The number of benzene rings is 1. The lowest BCUT2D eigenvalue weighted by Gasteiger charge is -2.18. The average molecular weight is 334 g/mol. The maximum Gasteiger partial charge on any atom is 0.213 e. The highest BCUT2D eigenvalue weighted by molar-refractivity contribution is 5.27. The second kappa shape index (κ2) is 7.49. The van der Waals surface area contributed by atoms with E-state index in [0.29, 0.717) is 12.4 Å². The summed E-state index contributed by atoms with van der Waals surface area (Å²) in [5.74, 6) is 1.45. The van der Waals surface area contributed by atoms with E-state index >= 15 is 0 Å². The number of hydrogen-bond acceptors (Lipinski definition) is 4. The molecule has 1 aromatic carbocycles. The topological polar surface area (TPSA) is 62.8 Å².